The number of esters is 1. The maximum absolute atomic E-state index is 11.5. The lowest BCUT2D eigenvalue weighted by Crippen LogP contribution is -2.36. The van der Waals surface area contributed by atoms with Crippen molar-refractivity contribution in [2.75, 3.05) is 0 Å². The largest absolute Gasteiger partial charge is 0.459 e. The molecule has 1 aliphatic heterocycles. The minimum absolute atomic E-state index is 0.0702. The molecule has 3 aliphatic rings. The number of hydrogen-bond donors (Lipinski definition) is 0. The molecule has 1 unspecified atom stereocenters. The number of carbonyl (C=O) groups is 1. The Bertz CT molecular complexity index is 494. The second-order valence-corrected chi connectivity index (χ2v) is 8.45. The SMILES string of the molecule is C=C1C[C@H](C[C@@H](C)[C@H]2CCC3/C(=C/I)CCC[C@@]32C)OC1=O. The highest BCUT2D eigenvalue weighted by molar-refractivity contribution is 14.1. The molecule has 0 radical (unpaired) electrons. The van der Waals surface area contributed by atoms with Crippen molar-refractivity contribution < 1.29 is 9.53 Å². The summed E-state index contributed by atoms with van der Waals surface area (Å²) in [6.07, 6.45) is 8.47. The summed E-state index contributed by atoms with van der Waals surface area (Å²) >= 11 is 2.43. The normalized spacial score (nSPS) is 41.6. The molecule has 5 atom stereocenters. The molecule has 0 amide bonds. The summed E-state index contributed by atoms with van der Waals surface area (Å²) in [6, 6.07) is 0. The first-order valence-electron chi connectivity index (χ1n) is 8.63. The van der Waals surface area contributed by atoms with Gasteiger partial charge >= 0.3 is 5.97 Å². The van der Waals surface area contributed by atoms with Crippen LogP contribution in [0.15, 0.2) is 21.8 Å². The fourth-order valence-corrected chi connectivity index (χ4v) is 6.24. The van der Waals surface area contributed by atoms with E-state index in [1.807, 2.05) is 0 Å². The van der Waals surface area contributed by atoms with Crippen LogP contribution in [0.5, 0.6) is 0 Å². The standard InChI is InChI=1S/C19H27IO2/c1-12(9-15-10-13(2)18(21)22-15)16-6-7-17-14(11-20)5-4-8-19(16,17)3/h11-12,15-17H,2,4-10H2,1,3H3/b14-11+/t12-,15+,16-,17?,19-/m1/s1. The second kappa shape index (κ2) is 6.29. The number of rotatable bonds is 3. The Balaban J connectivity index is 1.69. The maximum atomic E-state index is 11.5. The van der Waals surface area contributed by atoms with Crippen LogP contribution in [0.25, 0.3) is 0 Å². The van der Waals surface area contributed by atoms with Gasteiger partial charge in [-0.3, -0.25) is 0 Å². The highest BCUT2D eigenvalue weighted by atomic mass is 127. The summed E-state index contributed by atoms with van der Waals surface area (Å²) < 4.78 is 7.81. The Morgan fingerprint density at radius 3 is 2.91 bits per heavy atom. The van der Waals surface area contributed by atoms with E-state index < -0.39 is 0 Å². The molecular formula is C19H27IO2. The molecule has 0 bridgehead atoms. The van der Waals surface area contributed by atoms with E-state index in [0.29, 0.717) is 16.9 Å². The molecule has 2 aliphatic carbocycles. The monoisotopic (exact) mass is 414 g/mol. The lowest BCUT2D eigenvalue weighted by atomic mass is 9.61. The molecule has 122 valence electrons. The van der Waals surface area contributed by atoms with Gasteiger partial charge in [-0.2, -0.15) is 0 Å². The van der Waals surface area contributed by atoms with E-state index in [2.05, 4.69) is 47.1 Å². The molecule has 1 heterocycles. The lowest BCUT2D eigenvalue weighted by molar-refractivity contribution is -0.139. The van der Waals surface area contributed by atoms with Gasteiger partial charge in [0.25, 0.3) is 0 Å². The lowest BCUT2D eigenvalue weighted by Gasteiger charge is -2.44. The molecule has 22 heavy (non-hydrogen) atoms. The zero-order valence-electron chi connectivity index (χ0n) is 13.7. The third-order valence-electron chi connectivity index (χ3n) is 6.54. The summed E-state index contributed by atoms with van der Waals surface area (Å²) in [4.78, 5) is 11.5. The van der Waals surface area contributed by atoms with Gasteiger partial charge in [-0.1, -0.05) is 48.6 Å². The molecule has 2 nitrogen and oxygen atoms in total. The highest BCUT2D eigenvalue weighted by Crippen LogP contribution is 2.60. The van der Waals surface area contributed by atoms with Gasteiger partial charge in [0.15, 0.2) is 0 Å². The minimum atomic E-state index is -0.180. The predicted octanol–water partition coefficient (Wildman–Crippen LogP) is 5.42. The Kier molecular flexibility index (Phi) is 4.73. The molecule has 0 spiro atoms. The van der Waals surface area contributed by atoms with Crippen molar-refractivity contribution in [1.29, 1.82) is 0 Å². The van der Waals surface area contributed by atoms with E-state index in [9.17, 15) is 4.79 Å². The summed E-state index contributed by atoms with van der Waals surface area (Å²) in [5.74, 6) is 1.98. The molecular weight excluding hydrogens is 387 g/mol. The van der Waals surface area contributed by atoms with Crippen molar-refractivity contribution in [1.82, 2.24) is 0 Å². The van der Waals surface area contributed by atoms with E-state index in [-0.39, 0.29) is 12.1 Å². The zero-order chi connectivity index (χ0) is 15.9. The number of fused-ring (bicyclic) bond motifs is 1. The maximum Gasteiger partial charge on any atom is 0.333 e. The van der Waals surface area contributed by atoms with Crippen molar-refractivity contribution in [3.8, 4) is 0 Å². The number of halogens is 1. The number of carbonyl (C=O) groups excluding carboxylic acids is 1. The van der Waals surface area contributed by atoms with E-state index in [0.717, 1.165) is 24.7 Å². The van der Waals surface area contributed by atoms with Crippen LogP contribution >= 0.6 is 22.6 Å². The minimum Gasteiger partial charge on any atom is -0.459 e. The first-order chi connectivity index (χ1) is 10.5. The van der Waals surface area contributed by atoms with Crippen LogP contribution in [0, 0.1) is 23.2 Å². The third-order valence-corrected chi connectivity index (χ3v) is 7.34. The first-order valence-corrected chi connectivity index (χ1v) is 9.88. The average Bonchev–Trinajstić information content (AvgIpc) is 2.98. The van der Waals surface area contributed by atoms with E-state index in [1.165, 1.54) is 32.1 Å². The fraction of sp³-hybridized carbons (Fsp3) is 0.737. The molecule has 0 aromatic carbocycles. The molecule has 0 aromatic rings. The summed E-state index contributed by atoms with van der Waals surface area (Å²) in [5, 5.41) is 0. The van der Waals surface area contributed by atoms with Crippen molar-refractivity contribution >= 4 is 28.6 Å². The quantitative estimate of drug-likeness (QED) is 0.350. The van der Waals surface area contributed by atoms with Crippen LogP contribution in [0.4, 0.5) is 0 Å². The van der Waals surface area contributed by atoms with Crippen molar-refractivity contribution in [3.63, 3.8) is 0 Å². The van der Waals surface area contributed by atoms with E-state index in [4.69, 9.17) is 4.74 Å². The summed E-state index contributed by atoms with van der Waals surface area (Å²) in [7, 11) is 0. The van der Waals surface area contributed by atoms with Gasteiger partial charge < -0.3 is 4.74 Å². The van der Waals surface area contributed by atoms with Gasteiger partial charge in [0.05, 0.1) is 0 Å². The van der Waals surface area contributed by atoms with Gasteiger partial charge in [-0.15, -0.1) is 0 Å². The number of cyclic esters (lactones) is 1. The molecule has 3 fully saturated rings. The van der Waals surface area contributed by atoms with Crippen molar-refractivity contribution in [2.45, 2.75) is 64.9 Å². The van der Waals surface area contributed by atoms with E-state index >= 15 is 0 Å². The highest BCUT2D eigenvalue weighted by Gasteiger charge is 2.51. The van der Waals surface area contributed by atoms with Gasteiger partial charge in [-0.05, 0) is 65.8 Å². The van der Waals surface area contributed by atoms with Crippen LogP contribution in [0.2, 0.25) is 0 Å². The molecule has 1 saturated heterocycles. The summed E-state index contributed by atoms with van der Waals surface area (Å²) in [6.45, 7) is 8.70. The summed E-state index contributed by atoms with van der Waals surface area (Å²) in [5.41, 5.74) is 2.79. The molecule has 0 aromatic heterocycles. The Hall–Kier alpha value is -0.320. The molecule has 2 saturated carbocycles. The molecule has 3 rings (SSSR count). The van der Waals surface area contributed by atoms with Gasteiger partial charge in [0.1, 0.15) is 6.10 Å². The average molecular weight is 414 g/mol. The van der Waals surface area contributed by atoms with Crippen molar-refractivity contribution in [2.24, 2.45) is 23.2 Å². The predicted molar refractivity (Wildman–Crippen MR) is 97.7 cm³/mol. The third kappa shape index (κ3) is 2.78. The van der Waals surface area contributed by atoms with Crippen LogP contribution < -0.4 is 0 Å². The van der Waals surface area contributed by atoms with Crippen molar-refractivity contribution in [3.05, 3.63) is 21.8 Å². The first kappa shape index (κ1) is 16.5. The number of ether oxygens (including phenoxy) is 1. The Morgan fingerprint density at radius 1 is 1.50 bits per heavy atom. The zero-order valence-corrected chi connectivity index (χ0v) is 15.9. The van der Waals surface area contributed by atoms with Crippen LogP contribution in [0.3, 0.4) is 0 Å². The number of hydrogen-bond acceptors (Lipinski definition) is 2. The Labute approximate surface area is 147 Å². The smallest absolute Gasteiger partial charge is 0.333 e. The fourth-order valence-electron chi connectivity index (χ4n) is 5.49. The Morgan fingerprint density at radius 2 is 2.27 bits per heavy atom. The molecule has 0 N–H and O–H groups in total. The molecule has 3 heteroatoms. The van der Waals surface area contributed by atoms with Gasteiger partial charge in [-0.25, -0.2) is 4.79 Å². The van der Waals surface area contributed by atoms with Crippen LogP contribution in [0.1, 0.15) is 58.8 Å². The van der Waals surface area contributed by atoms with E-state index in [1.54, 1.807) is 5.57 Å². The topological polar surface area (TPSA) is 26.3 Å². The van der Waals surface area contributed by atoms with Crippen LogP contribution in [-0.4, -0.2) is 12.1 Å². The van der Waals surface area contributed by atoms with Crippen LogP contribution in [-0.2, 0) is 9.53 Å². The van der Waals surface area contributed by atoms with Gasteiger partial charge in [0.2, 0.25) is 0 Å². The second-order valence-electron chi connectivity index (χ2n) is 7.83. The number of allylic oxidation sites excluding steroid dienone is 1. The van der Waals surface area contributed by atoms with Gasteiger partial charge in [0, 0.05) is 12.0 Å².